The Morgan fingerprint density at radius 2 is 1.81 bits per heavy atom. The number of thioether (sulfide) groups is 1. The van der Waals surface area contributed by atoms with Gasteiger partial charge in [-0.3, -0.25) is 9.59 Å². The van der Waals surface area contributed by atoms with Crippen LogP contribution in [0, 0.1) is 5.82 Å². The van der Waals surface area contributed by atoms with Gasteiger partial charge in [0.25, 0.3) is 5.91 Å². The first-order valence-electron chi connectivity index (χ1n) is 10.4. The van der Waals surface area contributed by atoms with Gasteiger partial charge in [0, 0.05) is 17.8 Å². The van der Waals surface area contributed by atoms with Crippen LogP contribution in [-0.2, 0) is 17.9 Å². The van der Waals surface area contributed by atoms with Crippen LogP contribution >= 0.6 is 11.8 Å². The molecule has 0 radical (unpaired) electrons. The van der Waals surface area contributed by atoms with Crippen LogP contribution in [0.1, 0.15) is 48.4 Å². The van der Waals surface area contributed by atoms with E-state index < -0.39 is 5.82 Å². The molecule has 0 saturated heterocycles. The number of aromatic nitrogens is 3. The number of rotatable bonds is 9. The van der Waals surface area contributed by atoms with Gasteiger partial charge in [0.15, 0.2) is 11.0 Å². The van der Waals surface area contributed by atoms with E-state index >= 15 is 0 Å². The molecular weight excluding hydrogens is 429 g/mol. The number of halogens is 1. The van der Waals surface area contributed by atoms with E-state index in [-0.39, 0.29) is 24.1 Å². The summed E-state index contributed by atoms with van der Waals surface area (Å²) in [6.45, 7) is 6.87. The Labute approximate surface area is 190 Å². The zero-order valence-corrected chi connectivity index (χ0v) is 19.1. The number of amides is 2. The van der Waals surface area contributed by atoms with Crippen molar-refractivity contribution in [1.29, 1.82) is 0 Å². The van der Waals surface area contributed by atoms with Crippen molar-refractivity contribution in [3.63, 3.8) is 0 Å². The smallest absolute Gasteiger partial charge is 0.251 e. The fourth-order valence-electron chi connectivity index (χ4n) is 3.17. The second kappa shape index (κ2) is 10.9. The molecule has 2 N–H and O–H groups in total. The van der Waals surface area contributed by atoms with Gasteiger partial charge in [0.1, 0.15) is 5.82 Å². The van der Waals surface area contributed by atoms with Crippen molar-refractivity contribution < 1.29 is 14.0 Å². The topological polar surface area (TPSA) is 88.9 Å². The minimum absolute atomic E-state index is 0.125. The number of nitrogens with one attached hydrogen (secondary N) is 2. The number of carbonyl (C=O) groups excluding carboxylic acids is 2. The first-order valence-corrected chi connectivity index (χ1v) is 11.3. The maximum atomic E-state index is 13.0. The first-order chi connectivity index (χ1) is 15.4. The molecule has 2 aromatic carbocycles. The number of carbonyl (C=O) groups is 2. The van der Waals surface area contributed by atoms with E-state index in [0.717, 1.165) is 11.3 Å². The summed E-state index contributed by atoms with van der Waals surface area (Å²) in [4.78, 5) is 24.7. The molecule has 168 valence electrons. The molecule has 0 bridgehead atoms. The predicted octanol–water partition coefficient (Wildman–Crippen LogP) is 4.22. The molecule has 0 fully saturated rings. The number of benzene rings is 2. The molecule has 9 heteroatoms. The standard InChI is InChI=1S/C23H26FN5O2S/c1-4-29-20(13-25-22(31)16-9-11-17(24)12-10-16)27-28-23(29)32-14-21(30)26-19-8-6-5-7-18(19)15(2)3/h5-12,15H,4,13-14H2,1-3H3,(H,25,31)(H,26,30). The van der Waals surface area contributed by atoms with E-state index in [1.807, 2.05) is 35.8 Å². The second-order valence-electron chi connectivity index (χ2n) is 7.41. The Morgan fingerprint density at radius 1 is 1.09 bits per heavy atom. The number of hydrogen-bond acceptors (Lipinski definition) is 5. The molecule has 0 saturated carbocycles. The summed E-state index contributed by atoms with van der Waals surface area (Å²) in [6.07, 6.45) is 0. The molecule has 32 heavy (non-hydrogen) atoms. The van der Waals surface area contributed by atoms with Crippen LogP contribution in [0.2, 0.25) is 0 Å². The molecule has 0 unspecified atom stereocenters. The van der Waals surface area contributed by atoms with Crippen molar-refractivity contribution in [3.05, 3.63) is 71.3 Å². The fourth-order valence-corrected chi connectivity index (χ4v) is 3.99. The van der Waals surface area contributed by atoms with Gasteiger partial charge in [-0.25, -0.2) is 4.39 Å². The van der Waals surface area contributed by atoms with Gasteiger partial charge in [-0.1, -0.05) is 43.8 Å². The van der Waals surface area contributed by atoms with Crippen molar-refractivity contribution in [2.45, 2.75) is 44.9 Å². The maximum absolute atomic E-state index is 13.0. The summed E-state index contributed by atoms with van der Waals surface area (Å²) >= 11 is 1.29. The van der Waals surface area contributed by atoms with Gasteiger partial charge < -0.3 is 15.2 Å². The molecule has 0 aliphatic heterocycles. The second-order valence-corrected chi connectivity index (χ2v) is 8.35. The summed E-state index contributed by atoms with van der Waals surface area (Å²) in [6, 6.07) is 13.1. The molecule has 0 atom stereocenters. The lowest BCUT2D eigenvalue weighted by molar-refractivity contribution is -0.113. The van der Waals surface area contributed by atoms with Gasteiger partial charge in [0.2, 0.25) is 5.91 Å². The van der Waals surface area contributed by atoms with Gasteiger partial charge in [-0.2, -0.15) is 0 Å². The lowest BCUT2D eigenvalue weighted by atomic mass is 10.0. The van der Waals surface area contributed by atoms with E-state index in [9.17, 15) is 14.0 Å². The van der Waals surface area contributed by atoms with Gasteiger partial charge in [0.05, 0.1) is 12.3 Å². The van der Waals surface area contributed by atoms with Crippen LogP contribution in [0.25, 0.3) is 0 Å². The lowest BCUT2D eigenvalue weighted by Crippen LogP contribution is -2.24. The average Bonchev–Trinajstić information content (AvgIpc) is 3.18. The number of hydrogen-bond donors (Lipinski definition) is 2. The zero-order chi connectivity index (χ0) is 23.1. The van der Waals surface area contributed by atoms with E-state index in [1.54, 1.807) is 0 Å². The highest BCUT2D eigenvalue weighted by Gasteiger charge is 2.15. The minimum Gasteiger partial charge on any atom is -0.345 e. The molecule has 1 aromatic heterocycles. The molecule has 3 rings (SSSR count). The largest absolute Gasteiger partial charge is 0.345 e. The van der Waals surface area contributed by atoms with E-state index in [4.69, 9.17) is 0 Å². The average molecular weight is 456 g/mol. The number of nitrogens with zero attached hydrogens (tertiary/aromatic N) is 3. The minimum atomic E-state index is -0.398. The Kier molecular flexibility index (Phi) is 7.99. The predicted molar refractivity (Wildman–Crippen MR) is 123 cm³/mol. The highest BCUT2D eigenvalue weighted by atomic mass is 32.2. The number of para-hydroxylation sites is 1. The Balaban J connectivity index is 1.58. The molecular formula is C23H26FN5O2S. The molecule has 7 nitrogen and oxygen atoms in total. The Morgan fingerprint density at radius 3 is 2.50 bits per heavy atom. The van der Waals surface area contributed by atoms with Crippen LogP contribution in [0.5, 0.6) is 0 Å². The van der Waals surface area contributed by atoms with E-state index in [1.165, 1.54) is 36.0 Å². The van der Waals surface area contributed by atoms with Gasteiger partial charge in [-0.15, -0.1) is 10.2 Å². The number of anilines is 1. The highest BCUT2D eigenvalue weighted by Crippen LogP contribution is 2.24. The van der Waals surface area contributed by atoms with E-state index in [0.29, 0.717) is 29.0 Å². The normalized spacial score (nSPS) is 10.9. The molecule has 0 aliphatic rings. The van der Waals surface area contributed by atoms with Crippen molar-refractivity contribution in [2.24, 2.45) is 0 Å². The van der Waals surface area contributed by atoms with Crippen LogP contribution in [0.3, 0.4) is 0 Å². The van der Waals surface area contributed by atoms with Crippen LogP contribution in [-0.4, -0.2) is 32.3 Å². The fraction of sp³-hybridized carbons (Fsp3) is 0.304. The Bertz CT molecular complexity index is 1080. The maximum Gasteiger partial charge on any atom is 0.251 e. The summed E-state index contributed by atoms with van der Waals surface area (Å²) in [5.74, 6) is 0.219. The molecule has 0 spiro atoms. The van der Waals surface area contributed by atoms with Gasteiger partial charge >= 0.3 is 0 Å². The molecule has 3 aromatic rings. The zero-order valence-electron chi connectivity index (χ0n) is 18.3. The van der Waals surface area contributed by atoms with Gasteiger partial charge in [-0.05, 0) is 48.7 Å². The third-order valence-corrected chi connectivity index (χ3v) is 5.78. The summed E-state index contributed by atoms with van der Waals surface area (Å²) in [7, 11) is 0. The third kappa shape index (κ3) is 5.94. The van der Waals surface area contributed by atoms with Crippen molar-refractivity contribution >= 4 is 29.3 Å². The summed E-state index contributed by atoms with van der Waals surface area (Å²) in [5.41, 5.74) is 2.26. The SMILES string of the molecule is CCn1c(CNC(=O)c2ccc(F)cc2)nnc1SCC(=O)Nc1ccccc1C(C)C. The monoisotopic (exact) mass is 455 g/mol. The lowest BCUT2D eigenvalue weighted by Gasteiger charge is -2.13. The van der Waals surface area contributed by atoms with Crippen molar-refractivity contribution in [3.8, 4) is 0 Å². The van der Waals surface area contributed by atoms with Crippen LogP contribution in [0.15, 0.2) is 53.7 Å². The third-order valence-electron chi connectivity index (χ3n) is 4.81. The van der Waals surface area contributed by atoms with Crippen molar-refractivity contribution in [1.82, 2.24) is 20.1 Å². The summed E-state index contributed by atoms with van der Waals surface area (Å²) in [5, 5.41) is 14.7. The van der Waals surface area contributed by atoms with Crippen LogP contribution in [0.4, 0.5) is 10.1 Å². The Hall–Kier alpha value is -3.20. The summed E-state index contributed by atoms with van der Waals surface area (Å²) < 4.78 is 14.9. The highest BCUT2D eigenvalue weighted by molar-refractivity contribution is 7.99. The van der Waals surface area contributed by atoms with Crippen LogP contribution < -0.4 is 10.6 Å². The molecule has 2 amide bonds. The molecule has 0 aliphatic carbocycles. The quantitative estimate of drug-likeness (QED) is 0.472. The van der Waals surface area contributed by atoms with E-state index in [2.05, 4.69) is 34.7 Å². The van der Waals surface area contributed by atoms with Crippen molar-refractivity contribution in [2.75, 3.05) is 11.1 Å². The molecule has 1 heterocycles. The first kappa shape index (κ1) is 23.5.